The monoisotopic (exact) mass is 504 g/mol. The predicted molar refractivity (Wildman–Crippen MR) is 143 cm³/mol. The first kappa shape index (κ1) is 22.5. The number of hydrogen-bond acceptors (Lipinski definition) is 4. The van der Waals surface area contributed by atoms with E-state index in [2.05, 4.69) is 20.6 Å². The number of nitrogens with zero attached hydrogens (tertiary/aromatic N) is 2. The van der Waals surface area contributed by atoms with E-state index in [1.807, 2.05) is 66.9 Å². The molecule has 0 spiro atoms. The smallest absolute Gasteiger partial charge is 0.306 e. The lowest BCUT2D eigenvalue weighted by Gasteiger charge is -2.17. The molecule has 2 aromatic heterocycles. The molecule has 0 saturated heterocycles. The number of carbonyl (C=O) groups is 1. The molecule has 0 fully saturated rings. The van der Waals surface area contributed by atoms with Crippen LogP contribution in [0.5, 0.6) is 0 Å². The molecular formula is C26H18Cl2N4OS. The van der Waals surface area contributed by atoms with E-state index in [0.29, 0.717) is 21.4 Å². The van der Waals surface area contributed by atoms with E-state index in [4.69, 9.17) is 23.2 Å². The number of carbonyl (C=O) groups excluding carboxylic acids is 1. The van der Waals surface area contributed by atoms with Gasteiger partial charge in [0.1, 0.15) is 0 Å². The zero-order valence-corrected chi connectivity index (χ0v) is 20.3. The number of aromatic nitrogens is 2. The number of benzene rings is 3. The summed E-state index contributed by atoms with van der Waals surface area (Å²) in [5.41, 5.74) is 4.28. The zero-order chi connectivity index (χ0) is 23.7. The third-order valence-corrected chi connectivity index (χ3v) is 6.77. The Hall–Kier alpha value is -3.32. The number of nitrogens with one attached hydrogen (secondary N) is 2. The van der Waals surface area contributed by atoms with Gasteiger partial charge < -0.3 is 10.6 Å². The van der Waals surface area contributed by atoms with Gasteiger partial charge in [-0.15, -0.1) is 11.8 Å². The van der Waals surface area contributed by atoms with Gasteiger partial charge in [-0.25, -0.2) is 4.79 Å². The number of fused-ring (bicyclic) bond motifs is 2. The fraction of sp³-hybridized carbons (Fsp3) is 0.0385. The Bertz CT molecular complexity index is 1560. The van der Waals surface area contributed by atoms with Crippen LogP contribution in [-0.4, -0.2) is 22.3 Å². The maximum atomic E-state index is 13.2. The van der Waals surface area contributed by atoms with Crippen LogP contribution in [-0.2, 0) is 0 Å². The number of rotatable bonds is 4. The normalized spacial score (nSPS) is 11.0. The molecule has 0 atom stereocenters. The van der Waals surface area contributed by atoms with Crippen molar-refractivity contribution >= 4 is 74.2 Å². The third-order valence-electron chi connectivity index (χ3n) is 5.43. The summed E-state index contributed by atoms with van der Waals surface area (Å²) in [4.78, 5) is 23.1. The summed E-state index contributed by atoms with van der Waals surface area (Å²) >= 11 is 14.4. The molecule has 2 N–H and O–H groups in total. The number of thioether (sulfide) groups is 1. The van der Waals surface area contributed by atoms with Gasteiger partial charge >= 0.3 is 6.03 Å². The summed E-state index contributed by atoms with van der Waals surface area (Å²) in [5.74, 6) is 0. The molecule has 0 radical (unpaired) electrons. The molecule has 5 rings (SSSR count). The lowest BCUT2D eigenvalue weighted by molar-refractivity contribution is 0.262. The van der Waals surface area contributed by atoms with Crippen molar-refractivity contribution < 1.29 is 4.79 Å². The highest BCUT2D eigenvalue weighted by Crippen LogP contribution is 2.39. The molecule has 0 bridgehead atoms. The van der Waals surface area contributed by atoms with E-state index >= 15 is 0 Å². The second kappa shape index (κ2) is 9.50. The molecule has 0 unspecified atom stereocenters. The number of urea groups is 1. The molecular weight excluding hydrogens is 487 g/mol. The first-order valence-electron chi connectivity index (χ1n) is 10.4. The van der Waals surface area contributed by atoms with Gasteiger partial charge in [-0.3, -0.25) is 9.97 Å². The molecule has 3 aromatic carbocycles. The van der Waals surface area contributed by atoms with Gasteiger partial charge in [0.15, 0.2) is 0 Å². The minimum absolute atomic E-state index is 0.400. The van der Waals surface area contributed by atoms with Crippen LogP contribution in [0.3, 0.4) is 0 Å². The molecule has 5 nitrogen and oxygen atoms in total. The summed E-state index contributed by atoms with van der Waals surface area (Å²) < 4.78 is 0. The minimum Gasteiger partial charge on any atom is -0.306 e. The number of amides is 2. The number of anilines is 2. The molecule has 2 heterocycles. The summed E-state index contributed by atoms with van der Waals surface area (Å²) in [6, 6.07) is 20.2. The first-order chi connectivity index (χ1) is 16.5. The Morgan fingerprint density at radius 1 is 0.882 bits per heavy atom. The van der Waals surface area contributed by atoms with Gasteiger partial charge in [0.2, 0.25) is 0 Å². The lowest BCUT2D eigenvalue weighted by Crippen LogP contribution is -2.20. The highest BCUT2D eigenvalue weighted by molar-refractivity contribution is 7.98. The van der Waals surface area contributed by atoms with Crippen LogP contribution >= 0.6 is 35.0 Å². The van der Waals surface area contributed by atoms with Crippen LogP contribution < -0.4 is 10.6 Å². The van der Waals surface area contributed by atoms with Crippen molar-refractivity contribution in [3.63, 3.8) is 0 Å². The number of hydrogen-bond donors (Lipinski definition) is 2. The highest BCUT2D eigenvalue weighted by atomic mass is 35.5. The van der Waals surface area contributed by atoms with Crippen molar-refractivity contribution in [1.29, 1.82) is 0 Å². The van der Waals surface area contributed by atoms with Crippen LogP contribution in [0, 0.1) is 0 Å². The van der Waals surface area contributed by atoms with E-state index in [-0.39, 0.29) is 0 Å². The summed E-state index contributed by atoms with van der Waals surface area (Å²) in [6.07, 6.45) is 5.33. The number of pyridine rings is 2. The molecule has 0 aliphatic carbocycles. The Morgan fingerprint density at radius 3 is 2.50 bits per heavy atom. The molecule has 8 heteroatoms. The standard InChI is InChI=1S/C26H18Cl2N4OS/c1-34-23-11-10-20-17(6-4-12-29-20)25(23)32-26(33)31-22-14-30-21-9-8-15(27)13-18(21)24(22)16-5-2-3-7-19(16)28/h2-14H,1H3,(H2,31,32,33). The maximum Gasteiger partial charge on any atom is 0.323 e. The molecule has 0 aliphatic rings. The first-order valence-corrected chi connectivity index (χ1v) is 12.4. The van der Waals surface area contributed by atoms with Crippen LogP contribution in [0.25, 0.3) is 32.9 Å². The fourth-order valence-electron chi connectivity index (χ4n) is 3.91. The van der Waals surface area contributed by atoms with Gasteiger partial charge in [0.05, 0.1) is 28.6 Å². The Morgan fingerprint density at radius 2 is 1.68 bits per heavy atom. The van der Waals surface area contributed by atoms with Crippen molar-refractivity contribution in [2.75, 3.05) is 16.9 Å². The molecule has 168 valence electrons. The number of halogens is 2. The Labute approximate surface area is 210 Å². The molecule has 5 aromatic rings. The van der Waals surface area contributed by atoms with E-state index < -0.39 is 6.03 Å². The average Bonchev–Trinajstić information content (AvgIpc) is 2.85. The average molecular weight is 505 g/mol. The molecule has 2 amide bonds. The van der Waals surface area contributed by atoms with Crippen molar-refractivity contribution in [2.24, 2.45) is 0 Å². The summed E-state index contributed by atoms with van der Waals surface area (Å²) in [7, 11) is 0. The van der Waals surface area contributed by atoms with Crippen LogP contribution in [0.4, 0.5) is 16.2 Å². The van der Waals surface area contributed by atoms with Gasteiger partial charge in [-0.1, -0.05) is 41.4 Å². The molecule has 34 heavy (non-hydrogen) atoms. The Kier molecular flexibility index (Phi) is 6.28. The highest BCUT2D eigenvalue weighted by Gasteiger charge is 2.17. The maximum absolute atomic E-state index is 13.2. The second-order valence-corrected chi connectivity index (χ2v) is 9.17. The largest absolute Gasteiger partial charge is 0.323 e. The Balaban J connectivity index is 1.59. The topological polar surface area (TPSA) is 66.9 Å². The van der Waals surface area contributed by atoms with E-state index in [9.17, 15) is 4.79 Å². The van der Waals surface area contributed by atoms with Crippen molar-refractivity contribution in [1.82, 2.24) is 9.97 Å². The molecule has 0 aliphatic heterocycles. The lowest BCUT2D eigenvalue weighted by atomic mass is 9.99. The van der Waals surface area contributed by atoms with Crippen LogP contribution in [0.15, 0.2) is 84.0 Å². The van der Waals surface area contributed by atoms with E-state index in [1.54, 1.807) is 30.2 Å². The van der Waals surface area contributed by atoms with E-state index in [1.165, 1.54) is 0 Å². The molecule has 0 saturated carbocycles. The third kappa shape index (κ3) is 4.28. The van der Waals surface area contributed by atoms with Gasteiger partial charge in [0, 0.05) is 43.0 Å². The fourth-order valence-corrected chi connectivity index (χ4v) is 4.88. The summed E-state index contributed by atoms with van der Waals surface area (Å²) in [6.45, 7) is 0. The van der Waals surface area contributed by atoms with Crippen molar-refractivity contribution in [2.45, 2.75) is 4.90 Å². The van der Waals surface area contributed by atoms with Gasteiger partial charge in [-0.2, -0.15) is 0 Å². The van der Waals surface area contributed by atoms with Crippen molar-refractivity contribution in [3.05, 3.63) is 89.2 Å². The van der Waals surface area contributed by atoms with E-state index in [0.717, 1.165) is 37.8 Å². The minimum atomic E-state index is -0.400. The SMILES string of the molecule is CSc1ccc2ncccc2c1NC(=O)Nc1cnc2ccc(Cl)cc2c1-c1ccccc1Cl. The second-order valence-electron chi connectivity index (χ2n) is 7.48. The zero-order valence-electron chi connectivity index (χ0n) is 18.0. The predicted octanol–water partition coefficient (Wildman–Crippen LogP) is 8.12. The quantitative estimate of drug-likeness (QED) is 0.242. The van der Waals surface area contributed by atoms with Crippen molar-refractivity contribution in [3.8, 4) is 11.1 Å². The van der Waals surface area contributed by atoms with Crippen LogP contribution in [0.1, 0.15) is 0 Å². The van der Waals surface area contributed by atoms with Gasteiger partial charge in [0.25, 0.3) is 0 Å². The van der Waals surface area contributed by atoms with Gasteiger partial charge in [-0.05, 0) is 54.8 Å². The summed E-state index contributed by atoms with van der Waals surface area (Å²) in [5, 5.41) is 8.75. The van der Waals surface area contributed by atoms with Crippen LogP contribution in [0.2, 0.25) is 10.0 Å².